The Morgan fingerprint density at radius 2 is 1.89 bits per heavy atom. The van der Waals surface area contributed by atoms with Crippen molar-refractivity contribution in [3.05, 3.63) is 12.7 Å². The predicted molar refractivity (Wildman–Crippen MR) is 71.5 cm³/mol. The van der Waals surface area contributed by atoms with E-state index in [1.807, 2.05) is 20.8 Å². The van der Waals surface area contributed by atoms with Gasteiger partial charge in [0.25, 0.3) is 0 Å². The monoisotopic (exact) mass is 256 g/mol. The highest BCUT2D eigenvalue weighted by Crippen LogP contribution is 2.17. The Labute approximate surface area is 109 Å². The van der Waals surface area contributed by atoms with Crippen LogP contribution in [0.25, 0.3) is 0 Å². The largest absolute Gasteiger partial charge is 0.480 e. The number of hydrogen-bond donors (Lipinski definition) is 1. The highest BCUT2D eigenvalue weighted by Gasteiger charge is 2.32. The van der Waals surface area contributed by atoms with Crippen LogP contribution in [0.15, 0.2) is 12.7 Å². The minimum atomic E-state index is -0.985. The summed E-state index contributed by atoms with van der Waals surface area (Å²) in [5.41, 5.74) is -0.379. The van der Waals surface area contributed by atoms with Crippen LogP contribution in [-0.2, 0) is 4.79 Å². The van der Waals surface area contributed by atoms with Crippen LogP contribution in [-0.4, -0.2) is 52.1 Å². The number of likely N-dealkylation sites (N-methyl/N-ethyl adjacent to an activating group) is 1. The van der Waals surface area contributed by atoms with E-state index in [4.69, 9.17) is 5.11 Å². The minimum Gasteiger partial charge on any atom is -0.480 e. The van der Waals surface area contributed by atoms with E-state index in [1.54, 1.807) is 17.9 Å². The first-order valence-electron chi connectivity index (χ1n) is 6.04. The van der Waals surface area contributed by atoms with Crippen LogP contribution in [0.5, 0.6) is 0 Å². The summed E-state index contributed by atoms with van der Waals surface area (Å²) in [6, 6.07) is -1.09. The SMILES string of the molecule is C=CCN(C(=O)N(C)C(CC)C(=O)O)C(C)(C)C. The van der Waals surface area contributed by atoms with E-state index >= 15 is 0 Å². The molecule has 0 aliphatic heterocycles. The van der Waals surface area contributed by atoms with Gasteiger partial charge >= 0.3 is 12.0 Å². The number of carbonyl (C=O) groups excluding carboxylic acids is 1. The van der Waals surface area contributed by atoms with Gasteiger partial charge in [-0.2, -0.15) is 0 Å². The van der Waals surface area contributed by atoms with E-state index in [-0.39, 0.29) is 11.6 Å². The van der Waals surface area contributed by atoms with E-state index in [0.29, 0.717) is 13.0 Å². The molecular formula is C13H24N2O3. The van der Waals surface area contributed by atoms with Gasteiger partial charge in [-0.3, -0.25) is 0 Å². The van der Waals surface area contributed by atoms with Gasteiger partial charge in [0.2, 0.25) is 0 Å². The first kappa shape index (κ1) is 16.5. The molecule has 0 aromatic carbocycles. The molecule has 5 heteroatoms. The smallest absolute Gasteiger partial charge is 0.326 e. The molecular weight excluding hydrogens is 232 g/mol. The average molecular weight is 256 g/mol. The summed E-state index contributed by atoms with van der Waals surface area (Å²) >= 11 is 0. The van der Waals surface area contributed by atoms with Crippen LogP contribution in [0, 0.1) is 0 Å². The second-order valence-electron chi connectivity index (χ2n) is 5.23. The zero-order chi connectivity index (χ0) is 14.5. The van der Waals surface area contributed by atoms with Crippen LogP contribution in [0.2, 0.25) is 0 Å². The highest BCUT2D eigenvalue weighted by molar-refractivity contribution is 5.82. The molecule has 2 amide bonds. The van der Waals surface area contributed by atoms with Gasteiger partial charge in [-0.15, -0.1) is 6.58 Å². The fraction of sp³-hybridized carbons (Fsp3) is 0.692. The number of amides is 2. The third kappa shape index (κ3) is 4.05. The second kappa shape index (κ2) is 6.42. The quantitative estimate of drug-likeness (QED) is 0.767. The maximum absolute atomic E-state index is 12.3. The maximum atomic E-state index is 12.3. The van der Waals surface area contributed by atoms with Crippen molar-refractivity contribution in [1.82, 2.24) is 9.80 Å². The third-order valence-electron chi connectivity index (χ3n) is 2.79. The summed E-state index contributed by atoms with van der Waals surface area (Å²) < 4.78 is 0. The Morgan fingerprint density at radius 1 is 1.39 bits per heavy atom. The first-order valence-corrected chi connectivity index (χ1v) is 6.04. The fourth-order valence-corrected chi connectivity index (χ4v) is 1.71. The van der Waals surface area contributed by atoms with Gasteiger partial charge in [-0.25, -0.2) is 9.59 Å². The fourth-order valence-electron chi connectivity index (χ4n) is 1.71. The van der Waals surface area contributed by atoms with E-state index in [2.05, 4.69) is 6.58 Å². The molecule has 0 radical (unpaired) electrons. The van der Waals surface area contributed by atoms with Crippen molar-refractivity contribution in [2.24, 2.45) is 0 Å². The molecule has 1 unspecified atom stereocenters. The van der Waals surface area contributed by atoms with Crippen LogP contribution >= 0.6 is 0 Å². The Bertz CT molecular complexity index is 321. The second-order valence-corrected chi connectivity index (χ2v) is 5.23. The van der Waals surface area contributed by atoms with Crippen molar-refractivity contribution in [1.29, 1.82) is 0 Å². The van der Waals surface area contributed by atoms with Crippen LogP contribution in [0.3, 0.4) is 0 Å². The maximum Gasteiger partial charge on any atom is 0.326 e. The van der Waals surface area contributed by atoms with Gasteiger partial charge in [0.1, 0.15) is 6.04 Å². The number of nitrogens with zero attached hydrogens (tertiary/aromatic N) is 2. The standard InChI is InChI=1S/C13H24N2O3/c1-7-9-15(13(3,4)5)12(18)14(6)10(8-2)11(16)17/h7,10H,1,8-9H2,2-6H3,(H,16,17). The number of rotatable bonds is 5. The lowest BCUT2D eigenvalue weighted by Crippen LogP contribution is -2.54. The molecule has 0 aliphatic carbocycles. The molecule has 0 aromatic heterocycles. The molecule has 1 N–H and O–H groups in total. The summed E-state index contributed by atoms with van der Waals surface area (Å²) in [7, 11) is 1.52. The Kier molecular flexibility index (Phi) is 5.88. The van der Waals surface area contributed by atoms with Crippen molar-refractivity contribution in [3.8, 4) is 0 Å². The third-order valence-corrected chi connectivity index (χ3v) is 2.79. The van der Waals surface area contributed by atoms with Crippen LogP contribution in [0.4, 0.5) is 4.79 Å². The van der Waals surface area contributed by atoms with Crippen LogP contribution < -0.4 is 0 Å². The van der Waals surface area contributed by atoms with E-state index in [0.717, 1.165) is 0 Å². The summed E-state index contributed by atoms with van der Waals surface area (Å²) in [6.45, 7) is 11.5. The van der Waals surface area contributed by atoms with E-state index in [1.165, 1.54) is 11.9 Å². The molecule has 1 atom stereocenters. The number of carbonyl (C=O) groups is 2. The molecule has 0 saturated heterocycles. The molecule has 0 rings (SSSR count). The molecule has 0 aliphatic rings. The molecule has 0 saturated carbocycles. The van der Waals surface area contributed by atoms with Crippen molar-refractivity contribution in [2.45, 2.75) is 45.7 Å². The lowest BCUT2D eigenvalue weighted by atomic mass is 10.1. The van der Waals surface area contributed by atoms with Gasteiger partial charge in [0.15, 0.2) is 0 Å². The van der Waals surface area contributed by atoms with Crippen LogP contribution in [0.1, 0.15) is 34.1 Å². The minimum absolute atomic E-state index is 0.295. The number of urea groups is 1. The topological polar surface area (TPSA) is 60.9 Å². The number of carboxylic acids is 1. The van der Waals surface area contributed by atoms with E-state index in [9.17, 15) is 9.59 Å². The molecule has 0 bridgehead atoms. The average Bonchev–Trinajstić information content (AvgIpc) is 2.23. The predicted octanol–water partition coefficient (Wildman–Crippen LogP) is 2.19. The van der Waals surface area contributed by atoms with Crippen molar-refractivity contribution in [2.75, 3.05) is 13.6 Å². The van der Waals surface area contributed by atoms with Crippen molar-refractivity contribution in [3.63, 3.8) is 0 Å². The summed E-state index contributed by atoms with van der Waals surface area (Å²) in [5.74, 6) is -0.985. The molecule has 0 fully saturated rings. The van der Waals surface area contributed by atoms with E-state index < -0.39 is 12.0 Å². The van der Waals surface area contributed by atoms with Gasteiger partial charge in [0.05, 0.1) is 0 Å². The van der Waals surface area contributed by atoms with Gasteiger partial charge < -0.3 is 14.9 Å². The summed E-state index contributed by atoms with van der Waals surface area (Å²) in [6.07, 6.45) is 2.02. The highest BCUT2D eigenvalue weighted by atomic mass is 16.4. The number of carboxylic acid groups (broad SMARTS) is 1. The molecule has 0 aromatic rings. The normalized spacial score (nSPS) is 12.7. The molecule has 0 heterocycles. The number of hydrogen-bond acceptors (Lipinski definition) is 2. The molecule has 0 spiro atoms. The van der Waals surface area contributed by atoms with Crippen molar-refractivity contribution >= 4 is 12.0 Å². The van der Waals surface area contributed by atoms with Gasteiger partial charge in [-0.05, 0) is 27.2 Å². The first-order chi connectivity index (χ1) is 8.16. The van der Waals surface area contributed by atoms with Crippen molar-refractivity contribution < 1.29 is 14.7 Å². The Hall–Kier alpha value is -1.52. The number of aliphatic carboxylic acids is 1. The summed E-state index contributed by atoms with van der Waals surface area (Å²) in [4.78, 5) is 26.3. The molecule has 18 heavy (non-hydrogen) atoms. The van der Waals surface area contributed by atoms with Gasteiger partial charge in [-0.1, -0.05) is 13.0 Å². The zero-order valence-corrected chi connectivity index (χ0v) is 11.9. The van der Waals surface area contributed by atoms with Gasteiger partial charge in [0, 0.05) is 19.1 Å². The molecule has 104 valence electrons. The Morgan fingerprint density at radius 3 is 2.17 bits per heavy atom. The molecule has 5 nitrogen and oxygen atoms in total. The zero-order valence-electron chi connectivity index (χ0n) is 11.9. The lowest BCUT2D eigenvalue weighted by molar-refractivity contribution is -0.142. The Balaban J connectivity index is 5.08. The lowest BCUT2D eigenvalue weighted by Gasteiger charge is -2.39. The summed E-state index contributed by atoms with van der Waals surface area (Å²) in [5, 5.41) is 9.07.